The largest absolute Gasteiger partial charge is 0.496 e. The van der Waals surface area contributed by atoms with Crippen molar-refractivity contribution in [2.45, 2.75) is 26.4 Å². The van der Waals surface area contributed by atoms with Crippen molar-refractivity contribution in [2.75, 3.05) is 7.11 Å². The number of hydrogen-bond donors (Lipinski definition) is 0. The number of carbonyl (C=O) groups excluding carboxylic acids is 2. The number of nitrogens with zero attached hydrogens (tertiary/aromatic N) is 1. The van der Waals surface area contributed by atoms with E-state index in [1.165, 1.54) is 55.6 Å². The molecule has 0 aliphatic heterocycles. The Hall–Kier alpha value is -4.40. The molecule has 0 saturated carbocycles. The molecule has 0 spiro atoms. The van der Waals surface area contributed by atoms with Gasteiger partial charge in [-0.05, 0) is 61.9 Å². The van der Waals surface area contributed by atoms with Gasteiger partial charge in [-0.3, -0.25) is 10.1 Å². The number of nitro groups is 1. The Labute approximate surface area is 196 Å². The highest BCUT2D eigenvalue weighted by Gasteiger charge is 2.17. The monoisotopic (exact) mass is 465 g/mol. The normalized spacial score (nSPS) is 11.3. The fourth-order valence-corrected chi connectivity index (χ4v) is 2.85. The van der Waals surface area contributed by atoms with Crippen molar-refractivity contribution < 1.29 is 33.5 Å². The van der Waals surface area contributed by atoms with Crippen LogP contribution in [-0.2, 0) is 0 Å². The van der Waals surface area contributed by atoms with Gasteiger partial charge in [0.1, 0.15) is 28.6 Å². The molecule has 34 heavy (non-hydrogen) atoms. The molecule has 9 heteroatoms. The van der Waals surface area contributed by atoms with Gasteiger partial charge in [0.25, 0.3) is 5.69 Å². The van der Waals surface area contributed by atoms with Crippen LogP contribution in [-0.4, -0.2) is 30.1 Å². The zero-order chi connectivity index (χ0) is 24.7. The molecule has 9 nitrogen and oxygen atoms in total. The minimum atomic E-state index is -0.662. The van der Waals surface area contributed by atoms with E-state index in [1.54, 1.807) is 18.2 Å². The van der Waals surface area contributed by atoms with Crippen LogP contribution in [0, 0.1) is 10.1 Å². The fraction of sp³-hybridized carbons (Fsp3) is 0.200. The molecule has 176 valence electrons. The second-order valence-corrected chi connectivity index (χ2v) is 7.25. The predicted octanol–water partition coefficient (Wildman–Crippen LogP) is 5.22. The van der Waals surface area contributed by atoms with E-state index in [4.69, 9.17) is 18.9 Å². The summed E-state index contributed by atoms with van der Waals surface area (Å²) in [6.45, 7) is 3.95. The number of non-ortho nitro benzene ring substituents is 1. The number of carbonyl (C=O) groups is 2. The average molecular weight is 465 g/mol. The van der Waals surface area contributed by atoms with E-state index in [2.05, 4.69) is 0 Å². The van der Waals surface area contributed by atoms with Crippen molar-refractivity contribution in [2.24, 2.45) is 0 Å². The van der Waals surface area contributed by atoms with Crippen molar-refractivity contribution in [3.8, 4) is 23.0 Å². The summed E-state index contributed by atoms with van der Waals surface area (Å²) in [5.74, 6) is -0.0102. The van der Waals surface area contributed by atoms with E-state index in [-0.39, 0.29) is 34.4 Å². The number of hydrogen-bond acceptors (Lipinski definition) is 8. The topological polar surface area (TPSA) is 114 Å². The third-order valence-electron chi connectivity index (χ3n) is 4.86. The molecule has 1 atom stereocenters. The third kappa shape index (κ3) is 6.10. The molecule has 0 fully saturated rings. The Morgan fingerprint density at radius 1 is 0.882 bits per heavy atom. The summed E-state index contributed by atoms with van der Waals surface area (Å²) >= 11 is 0. The lowest BCUT2D eigenvalue weighted by molar-refractivity contribution is -0.384. The maximum absolute atomic E-state index is 12.6. The molecule has 0 aliphatic rings. The molecule has 0 radical (unpaired) electrons. The highest BCUT2D eigenvalue weighted by molar-refractivity contribution is 5.94. The highest BCUT2D eigenvalue weighted by Crippen LogP contribution is 2.27. The molecular weight excluding hydrogens is 442 g/mol. The number of esters is 2. The van der Waals surface area contributed by atoms with Crippen LogP contribution in [0.1, 0.15) is 41.0 Å². The summed E-state index contributed by atoms with van der Waals surface area (Å²) in [4.78, 5) is 35.1. The predicted molar refractivity (Wildman–Crippen MR) is 123 cm³/mol. The van der Waals surface area contributed by atoms with E-state index in [9.17, 15) is 19.7 Å². The van der Waals surface area contributed by atoms with E-state index in [1.807, 2.05) is 13.8 Å². The Morgan fingerprint density at radius 3 is 2.00 bits per heavy atom. The summed E-state index contributed by atoms with van der Waals surface area (Å²) in [6.07, 6.45) is 0.858. The first kappa shape index (κ1) is 24.2. The number of methoxy groups -OCH3 is 1. The molecule has 0 aromatic heterocycles. The number of rotatable bonds is 9. The second-order valence-electron chi connectivity index (χ2n) is 7.25. The minimum absolute atomic E-state index is 0.0214. The molecule has 0 unspecified atom stereocenters. The summed E-state index contributed by atoms with van der Waals surface area (Å²) in [5.41, 5.74) is 0.322. The summed E-state index contributed by atoms with van der Waals surface area (Å²) in [7, 11) is 1.45. The molecule has 0 N–H and O–H groups in total. The molecule has 3 rings (SSSR count). The minimum Gasteiger partial charge on any atom is -0.496 e. The van der Waals surface area contributed by atoms with E-state index < -0.39 is 16.9 Å². The zero-order valence-electron chi connectivity index (χ0n) is 18.8. The smallest absolute Gasteiger partial charge is 0.347 e. The van der Waals surface area contributed by atoms with Crippen LogP contribution >= 0.6 is 0 Å². The Kier molecular flexibility index (Phi) is 7.81. The maximum Gasteiger partial charge on any atom is 0.347 e. The molecule has 3 aromatic rings. The molecule has 0 amide bonds. The van der Waals surface area contributed by atoms with Crippen molar-refractivity contribution in [1.29, 1.82) is 0 Å². The van der Waals surface area contributed by atoms with Crippen LogP contribution in [0.2, 0.25) is 0 Å². The third-order valence-corrected chi connectivity index (χ3v) is 4.86. The fourth-order valence-electron chi connectivity index (χ4n) is 2.85. The first-order valence-electron chi connectivity index (χ1n) is 10.4. The van der Waals surface area contributed by atoms with Crippen molar-refractivity contribution in [1.82, 2.24) is 0 Å². The van der Waals surface area contributed by atoms with Gasteiger partial charge in [0.2, 0.25) is 0 Å². The Bertz CT molecular complexity index is 1170. The number of ether oxygens (including phenoxy) is 4. The molecule has 0 heterocycles. The lowest BCUT2D eigenvalue weighted by Crippen LogP contribution is -2.13. The van der Waals surface area contributed by atoms with Crippen LogP contribution in [0.15, 0.2) is 66.7 Å². The number of benzene rings is 3. The molecule has 3 aromatic carbocycles. The van der Waals surface area contributed by atoms with Gasteiger partial charge in [-0.25, -0.2) is 9.59 Å². The highest BCUT2D eigenvalue weighted by atomic mass is 16.6. The Morgan fingerprint density at radius 2 is 1.44 bits per heavy atom. The summed E-state index contributed by atoms with van der Waals surface area (Å²) < 4.78 is 21.7. The molecule has 0 saturated heterocycles. The van der Waals surface area contributed by atoms with Crippen LogP contribution in [0.5, 0.6) is 23.0 Å². The van der Waals surface area contributed by atoms with Gasteiger partial charge in [-0.2, -0.15) is 0 Å². The van der Waals surface area contributed by atoms with Crippen molar-refractivity contribution in [3.63, 3.8) is 0 Å². The standard InChI is InChI=1S/C25H23NO8/c1-4-16(2)32-21-13-14-22(23(15-21)31-3)25(28)34-19-9-5-17(6-10-19)24(27)33-20-11-7-18(8-12-20)26(29)30/h5-16H,4H2,1-3H3/t16-/m1/s1. The van der Waals surface area contributed by atoms with Crippen LogP contribution in [0.25, 0.3) is 0 Å². The lowest BCUT2D eigenvalue weighted by Gasteiger charge is -2.15. The van der Waals surface area contributed by atoms with E-state index in [0.717, 1.165) is 6.42 Å². The van der Waals surface area contributed by atoms with Crippen LogP contribution in [0.3, 0.4) is 0 Å². The zero-order valence-corrected chi connectivity index (χ0v) is 18.8. The lowest BCUT2D eigenvalue weighted by atomic mass is 10.2. The van der Waals surface area contributed by atoms with Crippen LogP contribution in [0.4, 0.5) is 5.69 Å². The second kappa shape index (κ2) is 11.0. The van der Waals surface area contributed by atoms with Crippen molar-refractivity contribution in [3.05, 3.63) is 88.0 Å². The van der Waals surface area contributed by atoms with Gasteiger partial charge in [0, 0.05) is 18.2 Å². The SMILES string of the molecule is CC[C@@H](C)Oc1ccc(C(=O)Oc2ccc(C(=O)Oc3ccc([N+](=O)[O-])cc3)cc2)c(OC)c1. The maximum atomic E-state index is 12.6. The van der Waals surface area contributed by atoms with Gasteiger partial charge in [0.05, 0.1) is 23.7 Å². The van der Waals surface area contributed by atoms with E-state index >= 15 is 0 Å². The summed E-state index contributed by atoms with van der Waals surface area (Å²) in [5, 5.41) is 10.7. The first-order valence-corrected chi connectivity index (χ1v) is 10.4. The summed E-state index contributed by atoms with van der Waals surface area (Å²) in [6, 6.07) is 15.8. The van der Waals surface area contributed by atoms with Crippen LogP contribution < -0.4 is 18.9 Å². The molecular formula is C25H23NO8. The van der Waals surface area contributed by atoms with Gasteiger partial charge in [-0.15, -0.1) is 0 Å². The Balaban J connectivity index is 1.65. The van der Waals surface area contributed by atoms with Crippen molar-refractivity contribution >= 4 is 17.6 Å². The average Bonchev–Trinajstić information content (AvgIpc) is 2.84. The first-order chi connectivity index (χ1) is 16.3. The van der Waals surface area contributed by atoms with Gasteiger partial charge in [-0.1, -0.05) is 6.92 Å². The van der Waals surface area contributed by atoms with E-state index in [0.29, 0.717) is 11.5 Å². The van der Waals surface area contributed by atoms with Gasteiger partial charge >= 0.3 is 11.9 Å². The van der Waals surface area contributed by atoms with Gasteiger partial charge in [0.15, 0.2) is 0 Å². The quantitative estimate of drug-likeness (QED) is 0.183. The van der Waals surface area contributed by atoms with Gasteiger partial charge < -0.3 is 18.9 Å². The molecule has 0 bridgehead atoms. The number of nitro benzene ring substituents is 1. The molecule has 0 aliphatic carbocycles.